The van der Waals surface area contributed by atoms with E-state index in [-0.39, 0.29) is 18.2 Å². The van der Waals surface area contributed by atoms with Gasteiger partial charge in [-0.3, -0.25) is 9.59 Å². The Bertz CT molecular complexity index is 858. The zero-order valence-corrected chi connectivity index (χ0v) is 15.5. The lowest BCUT2D eigenvalue weighted by molar-refractivity contribution is -0.141. The van der Waals surface area contributed by atoms with Gasteiger partial charge < -0.3 is 15.0 Å². The Morgan fingerprint density at radius 2 is 1.97 bits per heavy atom. The number of aromatic nitrogens is 3. The molecule has 10 heteroatoms. The number of hydrogen-bond acceptors (Lipinski definition) is 4. The molecule has 2 heterocycles. The van der Waals surface area contributed by atoms with Crippen LogP contribution in [0.1, 0.15) is 49.4 Å². The molecular weight excluding hydrogens is 389 g/mol. The van der Waals surface area contributed by atoms with E-state index in [1.165, 1.54) is 22.9 Å². The number of carbonyl (C=O) groups excluding carboxylic acids is 1. The van der Waals surface area contributed by atoms with Crippen molar-refractivity contribution in [1.29, 1.82) is 0 Å². The van der Waals surface area contributed by atoms with E-state index in [0.717, 1.165) is 38.2 Å². The number of carbonyl (C=O) groups is 2. The first-order chi connectivity index (χ1) is 13.7. The first kappa shape index (κ1) is 20.8. The van der Waals surface area contributed by atoms with Crippen LogP contribution in [0.4, 0.5) is 19.0 Å². The highest BCUT2D eigenvalue weighted by Crippen LogP contribution is 2.34. The normalized spacial score (nSPS) is 16.0. The van der Waals surface area contributed by atoms with Gasteiger partial charge in [0.25, 0.3) is 0 Å². The molecule has 0 saturated heterocycles. The van der Waals surface area contributed by atoms with Gasteiger partial charge in [-0.05, 0) is 24.0 Å². The molecule has 29 heavy (non-hydrogen) atoms. The van der Waals surface area contributed by atoms with Crippen molar-refractivity contribution < 1.29 is 27.9 Å². The summed E-state index contributed by atoms with van der Waals surface area (Å²) in [6, 6.07) is 2.15. The van der Waals surface area contributed by atoms with Crippen LogP contribution in [0.15, 0.2) is 30.9 Å². The predicted octanol–water partition coefficient (Wildman–Crippen LogP) is 3.68. The van der Waals surface area contributed by atoms with Gasteiger partial charge in [0.15, 0.2) is 5.69 Å². The first-order valence-corrected chi connectivity index (χ1v) is 9.30. The summed E-state index contributed by atoms with van der Waals surface area (Å²) in [5.41, 5.74) is -0.569. The topological polar surface area (TPSA) is 97.1 Å². The first-order valence-electron chi connectivity index (χ1n) is 9.30. The fraction of sp³-hybridized carbons (Fsp3) is 0.474. The van der Waals surface area contributed by atoms with Crippen molar-refractivity contribution in [3.8, 4) is 0 Å². The summed E-state index contributed by atoms with van der Waals surface area (Å²) in [6.45, 7) is 0. The fourth-order valence-electron chi connectivity index (χ4n) is 3.57. The SMILES string of the molecule is O=C(O)Cc1ccc(NC(=O)[C@H](CC2CCCC2)n2cnc(C(F)(F)F)c2)nc1. The van der Waals surface area contributed by atoms with Gasteiger partial charge in [-0.25, -0.2) is 9.97 Å². The molecule has 0 radical (unpaired) electrons. The number of alkyl halides is 3. The number of aliphatic carboxylic acids is 1. The number of pyridine rings is 1. The summed E-state index contributed by atoms with van der Waals surface area (Å²) < 4.78 is 40.0. The Morgan fingerprint density at radius 3 is 2.52 bits per heavy atom. The number of halogens is 3. The number of nitrogens with zero attached hydrogens (tertiary/aromatic N) is 3. The minimum atomic E-state index is -4.58. The van der Waals surface area contributed by atoms with Crippen molar-refractivity contribution in [1.82, 2.24) is 14.5 Å². The second kappa shape index (κ2) is 8.62. The standard InChI is InChI=1S/C19H21F3N4O3/c20-19(21,22)15-10-26(11-24-15)14(7-12-3-1-2-4-12)18(29)25-16-6-5-13(9-23-16)8-17(27)28/h5-6,9-12,14H,1-4,7-8H2,(H,27,28)(H,23,25,29)/t14-/m0/s1. The van der Waals surface area contributed by atoms with E-state index in [2.05, 4.69) is 15.3 Å². The molecule has 2 aromatic rings. The third-order valence-corrected chi connectivity index (χ3v) is 5.02. The van der Waals surface area contributed by atoms with E-state index >= 15 is 0 Å². The molecule has 156 valence electrons. The molecule has 0 aliphatic heterocycles. The number of rotatable bonds is 7. The second-order valence-electron chi connectivity index (χ2n) is 7.22. The largest absolute Gasteiger partial charge is 0.481 e. The molecule has 0 bridgehead atoms. The second-order valence-corrected chi connectivity index (χ2v) is 7.22. The van der Waals surface area contributed by atoms with Crippen LogP contribution in [0, 0.1) is 5.92 Å². The van der Waals surface area contributed by atoms with E-state index in [4.69, 9.17) is 5.11 Å². The zero-order valence-electron chi connectivity index (χ0n) is 15.5. The van der Waals surface area contributed by atoms with Gasteiger partial charge in [-0.2, -0.15) is 13.2 Å². The lowest BCUT2D eigenvalue weighted by Crippen LogP contribution is -2.27. The van der Waals surface area contributed by atoms with Gasteiger partial charge in [0.1, 0.15) is 11.9 Å². The van der Waals surface area contributed by atoms with Crippen molar-refractivity contribution in [2.24, 2.45) is 5.92 Å². The van der Waals surface area contributed by atoms with E-state index in [1.807, 2.05) is 0 Å². The van der Waals surface area contributed by atoms with E-state index < -0.39 is 29.8 Å². The third-order valence-electron chi connectivity index (χ3n) is 5.02. The maximum Gasteiger partial charge on any atom is 0.434 e. The molecule has 7 nitrogen and oxygen atoms in total. The molecule has 1 saturated carbocycles. The lowest BCUT2D eigenvalue weighted by Gasteiger charge is -2.21. The minimum absolute atomic E-state index is 0.194. The van der Waals surface area contributed by atoms with Crippen LogP contribution in [-0.2, 0) is 22.2 Å². The van der Waals surface area contributed by atoms with Gasteiger partial charge in [0.05, 0.1) is 12.7 Å². The zero-order chi connectivity index (χ0) is 21.0. The van der Waals surface area contributed by atoms with Crippen LogP contribution in [0.5, 0.6) is 0 Å². The Labute approximate surface area is 165 Å². The van der Waals surface area contributed by atoms with Crippen molar-refractivity contribution in [3.63, 3.8) is 0 Å². The van der Waals surface area contributed by atoms with Gasteiger partial charge in [0.2, 0.25) is 5.91 Å². The summed E-state index contributed by atoms with van der Waals surface area (Å²) in [7, 11) is 0. The molecule has 1 aliphatic rings. The van der Waals surface area contributed by atoms with Crippen LogP contribution in [0.25, 0.3) is 0 Å². The average Bonchev–Trinajstić information content (AvgIpc) is 3.32. The lowest BCUT2D eigenvalue weighted by atomic mass is 9.97. The number of nitrogens with one attached hydrogen (secondary N) is 1. The Morgan fingerprint density at radius 1 is 1.24 bits per heavy atom. The van der Waals surface area contributed by atoms with Crippen LogP contribution in [-0.4, -0.2) is 31.5 Å². The summed E-state index contributed by atoms with van der Waals surface area (Å²) >= 11 is 0. The summed E-state index contributed by atoms with van der Waals surface area (Å²) in [5, 5.41) is 11.4. The Balaban J connectivity index is 1.76. The van der Waals surface area contributed by atoms with Crippen LogP contribution in [0.3, 0.4) is 0 Å². The molecule has 0 spiro atoms. The molecule has 0 unspecified atom stereocenters. The predicted molar refractivity (Wildman–Crippen MR) is 97.0 cm³/mol. The quantitative estimate of drug-likeness (QED) is 0.726. The van der Waals surface area contributed by atoms with Crippen molar-refractivity contribution in [2.75, 3.05) is 5.32 Å². The summed E-state index contributed by atoms with van der Waals surface area (Å²) in [6.07, 6.45) is 2.83. The monoisotopic (exact) mass is 410 g/mol. The molecule has 0 aromatic carbocycles. The van der Waals surface area contributed by atoms with E-state index in [1.54, 1.807) is 0 Å². The van der Waals surface area contributed by atoms with Crippen molar-refractivity contribution in [2.45, 2.75) is 50.7 Å². The fourth-order valence-corrected chi connectivity index (χ4v) is 3.57. The van der Waals surface area contributed by atoms with Crippen LogP contribution >= 0.6 is 0 Å². The highest BCUT2D eigenvalue weighted by Gasteiger charge is 2.35. The van der Waals surface area contributed by atoms with Gasteiger partial charge in [-0.15, -0.1) is 0 Å². The minimum Gasteiger partial charge on any atom is -0.481 e. The van der Waals surface area contributed by atoms with E-state index in [0.29, 0.717) is 12.0 Å². The highest BCUT2D eigenvalue weighted by atomic mass is 19.4. The van der Waals surface area contributed by atoms with Gasteiger partial charge in [-0.1, -0.05) is 31.7 Å². The van der Waals surface area contributed by atoms with Crippen LogP contribution < -0.4 is 5.32 Å². The van der Waals surface area contributed by atoms with Crippen LogP contribution in [0.2, 0.25) is 0 Å². The maximum absolute atomic E-state index is 12.9. The molecule has 1 atom stereocenters. The Hall–Kier alpha value is -2.91. The molecule has 1 aliphatic carbocycles. The van der Waals surface area contributed by atoms with E-state index in [9.17, 15) is 22.8 Å². The third kappa shape index (κ3) is 5.55. The van der Waals surface area contributed by atoms with Crippen molar-refractivity contribution in [3.05, 3.63) is 42.1 Å². The smallest absolute Gasteiger partial charge is 0.434 e. The number of amides is 1. The molecule has 1 fully saturated rings. The number of imidazole rings is 1. The van der Waals surface area contributed by atoms with Crippen molar-refractivity contribution >= 4 is 17.7 Å². The average molecular weight is 410 g/mol. The molecule has 2 N–H and O–H groups in total. The number of anilines is 1. The highest BCUT2D eigenvalue weighted by molar-refractivity contribution is 5.92. The molecule has 1 amide bonds. The number of hydrogen-bond donors (Lipinski definition) is 2. The molecule has 3 rings (SSSR count). The number of carboxylic acids is 1. The summed E-state index contributed by atoms with van der Waals surface area (Å²) in [4.78, 5) is 31.0. The van der Waals surface area contributed by atoms with Gasteiger partial charge in [0, 0.05) is 12.4 Å². The molecular formula is C19H21F3N4O3. The van der Waals surface area contributed by atoms with Gasteiger partial charge >= 0.3 is 12.1 Å². The number of carboxylic acid groups (broad SMARTS) is 1. The Kier molecular flexibility index (Phi) is 6.19. The summed E-state index contributed by atoms with van der Waals surface area (Å²) in [5.74, 6) is -1.02. The maximum atomic E-state index is 12.9. The molecule has 2 aromatic heterocycles.